The third kappa shape index (κ3) is 6.03. The Kier molecular flexibility index (Phi) is 8.17. The van der Waals surface area contributed by atoms with Crippen LogP contribution in [-0.4, -0.2) is 42.2 Å². The van der Waals surface area contributed by atoms with Crippen LogP contribution in [0.25, 0.3) is 0 Å². The van der Waals surface area contributed by atoms with E-state index in [1.807, 2.05) is 13.8 Å². The highest BCUT2D eigenvalue weighted by Gasteiger charge is 2.29. The summed E-state index contributed by atoms with van der Waals surface area (Å²) in [5.41, 5.74) is 5.08. The van der Waals surface area contributed by atoms with Crippen molar-refractivity contribution in [1.29, 1.82) is 0 Å². The Bertz CT molecular complexity index is 217. The van der Waals surface area contributed by atoms with Gasteiger partial charge in [-0.2, -0.15) is 0 Å². The molecular weight excluding hydrogens is 216 g/mol. The van der Waals surface area contributed by atoms with E-state index in [2.05, 4.69) is 6.92 Å². The van der Waals surface area contributed by atoms with Gasteiger partial charge in [0.15, 0.2) is 0 Å². The SMILES string of the molecule is CCCCCCN(CCO)C(=O)C(C)(C)CN. The highest BCUT2D eigenvalue weighted by Crippen LogP contribution is 2.17. The largest absolute Gasteiger partial charge is 0.395 e. The zero-order valence-electron chi connectivity index (χ0n) is 11.5. The lowest BCUT2D eigenvalue weighted by Crippen LogP contribution is -2.46. The van der Waals surface area contributed by atoms with Crippen molar-refractivity contribution in [3.8, 4) is 0 Å². The van der Waals surface area contributed by atoms with Crippen molar-refractivity contribution in [2.24, 2.45) is 11.1 Å². The van der Waals surface area contributed by atoms with Crippen molar-refractivity contribution >= 4 is 5.91 Å². The zero-order chi connectivity index (χ0) is 13.3. The first kappa shape index (κ1) is 16.4. The van der Waals surface area contributed by atoms with E-state index in [-0.39, 0.29) is 12.5 Å². The number of nitrogens with zero attached hydrogens (tertiary/aromatic N) is 1. The lowest BCUT2D eigenvalue weighted by molar-refractivity contribution is -0.140. The van der Waals surface area contributed by atoms with Gasteiger partial charge in [0.25, 0.3) is 0 Å². The van der Waals surface area contributed by atoms with Crippen LogP contribution in [0.3, 0.4) is 0 Å². The van der Waals surface area contributed by atoms with Gasteiger partial charge in [0, 0.05) is 19.6 Å². The summed E-state index contributed by atoms with van der Waals surface area (Å²) in [5.74, 6) is 0.0468. The van der Waals surface area contributed by atoms with Crippen LogP contribution >= 0.6 is 0 Å². The Balaban J connectivity index is 4.26. The van der Waals surface area contributed by atoms with Crippen LogP contribution in [0, 0.1) is 5.41 Å². The number of amides is 1. The molecule has 1 amide bonds. The quantitative estimate of drug-likeness (QED) is 0.602. The molecule has 0 saturated heterocycles. The molecule has 0 radical (unpaired) electrons. The van der Waals surface area contributed by atoms with Gasteiger partial charge in [-0.1, -0.05) is 26.2 Å². The minimum Gasteiger partial charge on any atom is -0.395 e. The molecular formula is C13H28N2O2. The fourth-order valence-corrected chi connectivity index (χ4v) is 1.68. The summed E-state index contributed by atoms with van der Waals surface area (Å²) >= 11 is 0. The molecule has 0 rings (SSSR count). The van der Waals surface area contributed by atoms with E-state index in [1.165, 1.54) is 12.8 Å². The smallest absolute Gasteiger partial charge is 0.229 e. The minimum atomic E-state index is -0.528. The second-order valence-corrected chi connectivity index (χ2v) is 5.16. The number of rotatable bonds is 9. The summed E-state index contributed by atoms with van der Waals surface area (Å²) in [5, 5.41) is 9.00. The van der Waals surface area contributed by atoms with E-state index in [0.717, 1.165) is 19.4 Å². The second-order valence-electron chi connectivity index (χ2n) is 5.16. The topological polar surface area (TPSA) is 66.6 Å². The summed E-state index contributed by atoms with van der Waals surface area (Å²) in [6.45, 7) is 7.35. The van der Waals surface area contributed by atoms with Gasteiger partial charge < -0.3 is 15.7 Å². The molecule has 0 heterocycles. The number of aliphatic hydroxyl groups is 1. The summed E-state index contributed by atoms with van der Waals surface area (Å²) in [6, 6.07) is 0. The molecule has 3 N–H and O–H groups in total. The number of unbranched alkanes of at least 4 members (excludes halogenated alkanes) is 3. The minimum absolute atomic E-state index is 0.0141. The number of hydrogen-bond acceptors (Lipinski definition) is 3. The first-order chi connectivity index (χ1) is 7.99. The van der Waals surface area contributed by atoms with Crippen molar-refractivity contribution in [2.75, 3.05) is 26.2 Å². The van der Waals surface area contributed by atoms with Crippen LogP contribution in [0.1, 0.15) is 46.5 Å². The maximum atomic E-state index is 12.2. The molecule has 0 aromatic heterocycles. The molecule has 17 heavy (non-hydrogen) atoms. The highest BCUT2D eigenvalue weighted by atomic mass is 16.3. The molecule has 102 valence electrons. The van der Waals surface area contributed by atoms with E-state index in [0.29, 0.717) is 13.1 Å². The summed E-state index contributed by atoms with van der Waals surface area (Å²) < 4.78 is 0. The number of carbonyl (C=O) groups excluding carboxylic acids is 1. The lowest BCUT2D eigenvalue weighted by atomic mass is 9.91. The van der Waals surface area contributed by atoms with Gasteiger partial charge in [0.05, 0.1) is 12.0 Å². The number of aliphatic hydroxyl groups excluding tert-OH is 1. The number of nitrogens with two attached hydrogens (primary N) is 1. The van der Waals surface area contributed by atoms with Gasteiger partial charge in [0.2, 0.25) is 5.91 Å². The average Bonchev–Trinajstić information content (AvgIpc) is 2.32. The zero-order valence-corrected chi connectivity index (χ0v) is 11.5. The van der Waals surface area contributed by atoms with Crippen LogP contribution in [0.15, 0.2) is 0 Å². The predicted molar refractivity (Wildman–Crippen MR) is 70.6 cm³/mol. The molecule has 0 unspecified atom stereocenters. The van der Waals surface area contributed by atoms with Gasteiger partial charge in [-0.05, 0) is 20.3 Å². The second kappa shape index (κ2) is 8.48. The first-order valence-electron chi connectivity index (χ1n) is 6.60. The van der Waals surface area contributed by atoms with Crippen molar-refractivity contribution < 1.29 is 9.90 Å². The molecule has 0 aliphatic heterocycles. The average molecular weight is 244 g/mol. The van der Waals surface area contributed by atoms with Crippen LogP contribution in [0.2, 0.25) is 0 Å². The Labute approximate surface area is 105 Å². The molecule has 0 bridgehead atoms. The summed E-state index contributed by atoms with van der Waals surface area (Å²) in [4.78, 5) is 13.9. The molecule has 0 aromatic carbocycles. The number of carbonyl (C=O) groups is 1. The summed E-state index contributed by atoms with van der Waals surface area (Å²) in [6.07, 6.45) is 4.51. The Morgan fingerprint density at radius 3 is 2.35 bits per heavy atom. The summed E-state index contributed by atoms with van der Waals surface area (Å²) in [7, 11) is 0. The molecule has 0 atom stereocenters. The van der Waals surface area contributed by atoms with Crippen LogP contribution < -0.4 is 5.73 Å². The molecule has 0 saturated carbocycles. The van der Waals surface area contributed by atoms with Crippen molar-refractivity contribution in [1.82, 2.24) is 4.90 Å². The predicted octanol–water partition coefficient (Wildman–Crippen LogP) is 1.37. The van der Waals surface area contributed by atoms with E-state index < -0.39 is 5.41 Å². The van der Waals surface area contributed by atoms with E-state index >= 15 is 0 Å². The first-order valence-corrected chi connectivity index (χ1v) is 6.60. The fraction of sp³-hybridized carbons (Fsp3) is 0.923. The molecule has 0 aliphatic carbocycles. The van der Waals surface area contributed by atoms with E-state index in [4.69, 9.17) is 10.8 Å². The number of hydrogen-bond donors (Lipinski definition) is 2. The van der Waals surface area contributed by atoms with Crippen LogP contribution in [0.4, 0.5) is 0 Å². The molecule has 0 spiro atoms. The van der Waals surface area contributed by atoms with E-state index in [9.17, 15) is 4.79 Å². The molecule has 0 aliphatic rings. The van der Waals surface area contributed by atoms with Gasteiger partial charge in [0.1, 0.15) is 0 Å². The standard InChI is InChI=1S/C13H28N2O2/c1-4-5-6-7-8-15(9-10-16)12(17)13(2,3)11-14/h16H,4-11,14H2,1-3H3. The third-order valence-electron chi connectivity index (χ3n) is 3.03. The highest BCUT2D eigenvalue weighted by molar-refractivity contribution is 5.82. The molecule has 0 fully saturated rings. The van der Waals surface area contributed by atoms with Gasteiger partial charge >= 0.3 is 0 Å². The maximum Gasteiger partial charge on any atom is 0.229 e. The van der Waals surface area contributed by atoms with E-state index in [1.54, 1.807) is 4.90 Å². The van der Waals surface area contributed by atoms with Crippen LogP contribution in [0.5, 0.6) is 0 Å². The van der Waals surface area contributed by atoms with Gasteiger partial charge in [-0.25, -0.2) is 0 Å². The fourth-order valence-electron chi connectivity index (χ4n) is 1.68. The Morgan fingerprint density at radius 1 is 1.24 bits per heavy atom. The van der Waals surface area contributed by atoms with Crippen LogP contribution in [-0.2, 0) is 4.79 Å². The van der Waals surface area contributed by atoms with Gasteiger partial charge in [-0.3, -0.25) is 4.79 Å². The van der Waals surface area contributed by atoms with Gasteiger partial charge in [-0.15, -0.1) is 0 Å². The van der Waals surface area contributed by atoms with Crippen molar-refractivity contribution in [3.63, 3.8) is 0 Å². The Hall–Kier alpha value is -0.610. The molecule has 4 heteroatoms. The monoisotopic (exact) mass is 244 g/mol. The lowest BCUT2D eigenvalue weighted by Gasteiger charge is -2.30. The normalized spacial score (nSPS) is 11.6. The Morgan fingerprint density at radius 2 is 1.88 bits per heavy atom. The third-order valence-corrected chi connectivity index (χ3v) is 3.03. The van der Waals surface area contributed by atoms with Crippen molar-refractivity contribution in [3.05, 3.63) is 0 Å². The molecule has 0 aromatic rings. The molecule has 4 nitrogen and oxygen atoms in total. The van der Waals surface area contributed by atoms with Crippen molar-refractivity contribution in [2.45, 2.75) is 46.5 Å². The maximum absolute atomic E-state index is 12.2.